The van der Waals surface area contributed by atoms with Gasteiger partial charge in [0.1, 0.15) is 5.82 Å². The zero-order valence-corrected chi connectivity index (χ0v) is 14.6. The summed E-state index contributed by atoms with van der Waals surface area (Å²) < 4.78 is 13.0. The molecule has 0 saturated heterocycles. The highest BCUT2D eigenvalue weighted by molar-refractivity contribution is 7.99. The summed E-state index contributed by atoms with van der Waals surface area (Å²) in [4.78, 5) is 13.4. The maximum absolute atomic E-state index is 13.0. The molecule has 0 saturated carbocycles. The molecule has 0 bridgehead atoms. The fourth-order valence-electron chi connectivity index (χ4n) is 1.96. The van der Waals surface area contributed by atoms with E-state index in [2.05, 4.69) is 5.32 Å². The minimum absolute atomic E-state index is 0.102. The standard InChI is InChI=1S/C18H17ClFNO2S/c1-12-10-13(2-7-18(23)21-8-9-22)16(19)11-17(12)24-15-5-3-14(20)4-6-15/h2-7,10-11,22H,8-9H2,1H3,(H,21,23)/b7-2+. The van der Waals surface area contributed by atoms with E-state index in [9.17, 15) is 9.18 Å². The van der Waals surface area contributed by atoms with Crippen LogP contribution in [0.1, 0.15) is 11.1 Å². The van der Waals surface area contributed by atoms with Crippen LogP contribution < -0.4 is 5.32 Å². The molecule has 0 radical (unpaired) electrons. The van der Waals surface area contributed by atoms with Crippen LogP contribution >= 0.6 is 23.4 Å². The van der Waals surface area contributed by atoms with Crippen molar-refractivity contribution < 1.29 is 14.3 Å². The van der Waals surface area contributed by atoms with Crippen molar-refractivity contribution in [1.29, 1.82) is 0 Å². The van der Waals surface area contributed by atoms with E-state index in [1.54, 1.807) is 18.2 Å². The normalized spacial score (nSPS) is 11.0. The first-order valence-corrected chi connectivity index (χ1v) is 8.49. The number of nitrogens with one attached hydrogen (secondary N) is 1. The monoisotopic (exact) mass is 365 g/mol. The number of carbonyl (C=O) groups excluding carboxylic acids is 1. The van der Waals surface area contributed by atoms with Gasteiger partial charge in [-0.2, -0.15) is 0 Å². The van der Waals surface area contributed by atoms with Crippen molar-refractivity contribution in [2.45, 2.75) is 16.7 Å². The average Bonchev–Trinajstić information content (AvgIpc) is 2.56. The zero-order valence-electron chi connectivity index (χ0n) is 13.1. The third-order valence-corrected chi connectivity index (χ3v) is 4.66. The largest absolute Gasteiger partial charge is 0.395 e. The molecule has 2 rings (SSSR count). The van der Waals surface area contributed by atoms with Crippen LogP contribution in [-0.4, -0.2) is 24.2 Å². The lowest BCUT2D eigenvalue weighted by atomic mass is 10.1. The smallest absolute Gasteiger partial charge is 0.244 e. The number of hydrogen-bond donors (Lipinski definition) is 2. The maximum atomic E-state index is 13.0. The van der Waals surface area contributed by atoms with Gasteiger partial charge in [0.2, 0.25) is 5.91 Å². The Morgan fingerprint density at radius 3 is 2.71 bits per heavy atom. The van der Waals surface area contributed by atoms with Gasteiger partial charge >= 0.3 is 0 Å². The molecule has 2 aromatic carbocycles. The Kier molecular flexibility index (Phi) is 6.85. The molecule has 6 heteroatoms. The predicted molar refractivity (Wildman–Crippen MR) is 95.8 cm³/mol. The zero-order chi connectivity index (χ0) is 17.5. The number of halogens is 2. The van der Waals surface area contributed by atoms with Crippen LogP contribution in [0.5, 0.6) is 0 Å². The lowest BCUT2D eigenvalue weighted by Gasteiger charge is -2.09. The Morgan fingerprint density at radius 2 is 2.04 bits per heavy atom. The minimum atomic E-state index is -0.289. The van der Waals surface area contributed by atoms with E-state index in [0.29, 0.717) is 5.02 Å². The average molecular weight is 366 g/mol. The molecule has 3 nitrogen and oxygen atoms in total. The highest BCUT2D eigenvalue weighted by Gasteiger charge is 2.07. The highest BCUT2D eigenvalue weighted by atomic mass is 35.5. The van der Waals surface area contributed by atoms with Crippen LogP contribution in [0.4, 0.5) is 4.39 Å². The van der Waals surface area contributed by atoms with Gasteiger partial charge in [0.25, 0.3) is 0 Å². The first kappa shape index (κ1) is 18.5. The number of aliphatic hydroxyl groups is 1. The molecule has 0 spiro atoms. The van der Waals surface area contributed by atoms with Crippen LogP contribution in [-0.2, 0) is 4.79 Å². The molecule has 0 aliphatic heterocycles. The fourth-order valence-corrected chi connectivity index (χ4v) is 3.17. The number of carbonyl (C=O) groups is 1. The molecule has 0 fully saturated rings. The fraction of sp³-hybridized carbons (Fsp3) is 0.167. The van der Waals surface area contributed by atoms with Crippen molar-refractivity contribution in [3.05, 3.63) is 64.4 Å². The summed E-state index contributed by atoms with van der Waals surface area (Å²) in [5.74, 6) is -0.559. The van der Waals surface area contributed by atoms with E-state index in [0.717, 1.165) is 20.9 Å². The number of hydrogen-bond acceptors (Lipinski definition) is 3. The number of aryl methyl sites for hydroxylation is 1. The highest BCUT2D eigenvalue weighted by Crippen LogP contribution is 2.34. The van der Waals surface area contributed by atoms with Crippen molar-refractivity contribution in [3.8, 4) is 0 Å². The molecule has 0 aromatic heterocycles. The molecule has 1 amide bonds. The van der Waals surface area contributed by atoms with Crippen molar-refractivity contribution in [1.82, 2.24) is 5.32 Å². The van der Waals surface area contributed by atoms with Crippen LogP contribution in [0.2, 0.25) is 5.02 Å². The van der Waals surface area contributed by atoms with Gasteiger partial charge in [-0.3, -0.25) is 4.79 Å². The van der Waals surface area contributed by atoms with E-state index in [1.807, 2.05) is 19.1 Å². The molecule has 0 atom stereocenters. The van der Waals surface area contributed by atoms with Gasteiger partial charge in [-0.25, -0.2) is 4.39 Å². The second kappa shape index (κ2) is 8.87. The SMILES string of the molecule is Cc1cc(/C=C/C(=O)NCCO)c(Cl)cc1Sc1ccc(F)cc1. The van der Waals surface area contributed by atoms with Gasteiger partial charge in [-0.15, -0.1) is 0 Å². The first-order valence-electron chi connectivity index (χ1n) is 7.30. The third kappa shape index (κ3) is 5.37. The molecule has 24 heavy (non-hydrogen) atoms. The van der Waals surface area contributed by atoms with Crippen LogP contribution in [0.15, 0.2) is 52.3 Å². The molecular weight excluding hydrogens is 349 g/mol. The van der Waals surface area contributed by atoms with Gasteiger partial charge in [0.15, 0.2) is 0 Å². The van der Waals surface area contributed by atoms with Gasteiger partial charge in [0.05, 0.1) is 6.61 Å². The number of amides is 1. The van der Waals surface area contributed by atoms with Crippen molar-refractivity contribution in [2.24, 2.45) is 0 Å². The Morgan fingerprint density at radius 1 is 1.33 bits per heavy atom. The Labute approximate surface area is 149 Å². The van der Waals surface area contributed by atoms with Crippen LogP contribution in [0, 0.1) is 12.7 Å². The number of rotatable bonds is 6. The van der Waals surface area contributed by atoms with Crippen molar-refractivity contribution in [2.75, 3.05) is 13.2 Å². The minimum Gasteiger partial charge on any atom is -0.395 e. The van der Waals surface area contributed by atoms with Crippen LogP contribution in [0.3, 0.4) is 0 Å². The lowest BCUT2D eigenvalue weighted by Crippen LogP contribution is -2.24. The van der Waals surface area contributed by atoms with Gasteiger partial charge in [-0.1, -0.05) is 23.4 Å². The molecule has 2 N–H and O–H groups in total. The van der Waals surface area contributed by atoms with E-state index in [4.69, 9.17) is 16.7 Å². The first-order chi connectivity index (χ1) is 11.5. The lowest BCUT2D eigenvalue weighted by molar-refractivity contribution is -0.116. The van der Waals surface area contributed by atoms with Gasteiger partial charge in [0, 0.05) is 27.4 Å². The summed E-state index contributed by atoms with van der Waals surface area (Å²) in [5.41, 5.74) is 1.74. The Balaban J connectivity index is 2.14. The predicted octanol–water partition coefficient (Wildman–Crippen LogP) is 4.06. The summed E-state index contributed by atoms with van der Waals surface area (Å²) in [6, 6.07) is 9.99. The van der Waals surface area contributed by atoms with E-state index in [1.165, 1.54) is 30.0 Å². The third-order valence-electron chi connectivity index (χ3n) is 3.16. The molecule has 0 aliphatic rings. The molecule has 2 aromatic rings. The van der Waals surface area contributed by atoms with Gasteiger partial charge < -0.3 is 10.4 Å². The van der Waals surface area contributed by atoms with E-state index < -0.39 is 0 Å². The van der Waals surface area contributed by atoms with E-state index in [-0.39, 0.29) is 24.9 Å². The second-order valence-electron chi connectivity index (χ2n) is 5.04. The van der Waals surface area contributed by atoms with Gasteiger partial charge in [-0.05, 0) is 60.5 Å². The number of benzene rings is 2. The summed E-state index contributed by atoms with van der Waals surface area (Å²) >= 11 is 7.78. The number of aliphatic hydroxyl groups excluding tert-OH is 1. The summed E-state index contributed by atoms with van der Waals surface area (Å²) in [7, 11) is 0. The summed E-state index contributed by atoms with van der Waals surface area (Å²) in [6.07, 6.45) is 3.01. The Hall–Kier alpha value is -1.82. The molecule has 0 heterocycles. The van der Waals surface area contributed by atoms with Crippen LogP contribution in [0.25, 0.3) is 6.08 Å². The van der Waals surface area contributed by atoms with Crippen molar-refractivity contribution >= 4 is 35.3 Å². The Bertz CT molecular complexity index is 747. The van der Waals surface area contributed by atoms with Crippen molar-refractivity contribution in [3.63, 3.8) is 0 Å². The second-order valence-corrected chi connectivity index (χ2v) is 6.57. The quantitative estimate of drug-likeness (QED) is 0.759. The molecule has 126 valence electrons. The molecule has 0 unspecified atom stereocenters. The topological polar surface area (TPSA) is 49.3 Å². The molecule has 0 aliphatic carbocycles. The summed E-state index contributed by atoms with van der Waals surface area (Å²) in [5, 5.41) is 11.7. The maximum Gasteiger partial charge on any atom is 0.244 e. The summed E-state index contributed by atoms with van der Waals surface area (Å²) in [6.45, 7) is 2.06. The van der Waals surface area contributed by atoms with E-state index >= 15 is 0 Å². The molecular formula is C18H17ClFNO2S.